The molecule has 0 aromatic heterocycles. The topological polar surface area (TPSA) is 58.2 Å². The Morgan fingerprint density at radius 1 is 0.690 bits per heavy atom. The third-order valence-electron chi connectivity index (χ3n) is 6.61. The maximum absolute atomic E-state index is 13.1. The van der Waals surface area contributed by atoms with Gasteiger partial charge >= 0.3 is 0 Å². The summed E-state index contributed by atoms with van der Waals surface area (Å²) in [7, 11) is 0. The van der Waals surface area contributed by atoms with Gasteiger partial charge < -0.3 is 10.6 Å². The molecule has 4 heteroatoms. The quantitative estimate of drug-likeness (QED) is 0.729. The molecule has 0 radical (unpaired) electrons. The Labute approximate surface area is 172 Å². The van der Waals surface area contributed by atoms with Crippen LogP contribution in [0.15, 0.2) is 48.6 Å². The number of amides is 2. The second-order valence-corrected chi connectivity index (χ2v) is 8.58. The lowest BCUT2D eigenvalue weighted by Gasteiger charge is -2.26. The Morgan fingerprint density at radius 3 is 1.48 bits per heavy atom. The number of carbonyl (C=O) groups is 2. The zero-order chi connectivity index (χ0) is 20.7. The summed E-state index contributed by atoms with van der Waals surface area (Å²) in [6.45, 7) is 8.17. The van der Waals surface area contributed by atoms with Crippen LogP contribution < -0.4 is 10.6 Å². The van der Waals surface area contributed by atoms with Gasteiger partial charge in [0.1, 0.15) is 0 Å². The van der Waals surface area contributed by atoms with Gasteiger partial charge in [0.15, 0.2) is 0 Å². The number of allylic oxidation sites excluding steroid dienone is 2. The first-order valence-corrected chi connectivity index (χ1v) is 10.3. The molecule has 0 spiro atoms. The fourth-order valence-electron chi connectivity index (χ4n) is 4.63. The highest BCUT2D eigenvalue weighted by Crippen LogP contribution is 2.48. The van der Waals surface area contributed by atoms with Crippen LogP contribution in [-0.2, 0) is 9.59 Å². The third-order valence-corrected chi connectivity index (χ3v) is 6.61. The largest absolute Gasteiger partial charge is 0.326 e. The number of nitrogens with one attached hydrogen (secondary N) is 2. The van der Waals surface area contributed by atoms with Crippen molar-refractivity contribution < 1.29 is 9.59 Å². The average molecular weight is 389 g/mol. The standard InChI is InChI=1S/C25H28N2O2/c1-14-5-9-20(11-16(14)3)26-24(28)22-18-7-8-19(13-18)23(22)25(29)27-21-10-6-15(2)17(4)12-21/h5-12,18-19,22-23H,13H2,1-4H3,(H,26,28)(H,27,29)/t18-,19+,22+,23-. The summed E-state index contributed by atoms with van der Waals surface area (Å²) < 4.78 is 0. The number of hydrogen-bond acceptors (Lipinski definition) is 2. The molecule has 4 rings (SSSR count). The summed E-state index contributed by atoms with van der Waals surface area (Å²) in [5.74, 6) is -0.545. The number of fused-ring (bicyclic) bond motifs is 2. The van der Waals surface area contributed by atoms with E-state index in [-0.39, 0.29) is 35.5 Å². The molecule has 4 nitrogen and oxygen atoms in total. The second-order valence-electron chi connectivity index (χ2n) is 8.58. The van der Waals surface area contributed by atoms with E-state index < -0.39 is 0 Å². The fourth-order valence-corrected chi connectivity index (χ4v) is 4.63. The van der Waals surface area contributed by atoms with Gasteiger partial charge in [0.25, 0.3) is 0 Å². The van der Waals surface area contributed by atoms with Gasteiger partial charge in [0.2, 0.25) is 11.8 Å². The maximum Gasteiger partial charge on any atom is 0.228 e. The normalized spacial score (nSPS) is 24.6. The second kappa shape index (κ2) is 7.51. The van der Waals surface area contributed by atoms with E-state index in [1.807, 2.05) is 50.2 Å². The Morgan fingerprint density at radius 2 is 1.10 bits per heavy atom. The van der Waals surface area contributed by atoms with Gasteiger partial charge in [-0.05, 0) is 92.5 Å². The van der Waals surface area contributed by atoms with Gasteiger partial charge in [-0.25, -0.2) is 0 Å². The average Bonchev–Trinajstić information content (AvgIpc) is 3.29. The van der Waals surface area contributed by atoms with Crippen LogP contribution in [0.5, 0.6) is 0 Å². The highest BCUT2D eigenvalue weighted by Gasteiger charge is 2.51. The van der Waals surface area contributed by atoms with Crippen molar-refractivity contribution in [3.8, 4) is 0 Å². The lowest BCUT2D eigenvalue weighted by Crippen LogP contribution is -2.39. The molecule has 4 atom stereocenters. The van der Waals surface area contributed by atoms with Crippen molar-refractivity contribution in [2.75, 3.05) is 10.6 Å². The first-order chi connectivity index (χ1) is 13.8. The van der Waals surface area contributed by atoms with E-state index in [2.05, 4.69) is 36.6 Å². The van der Waals surface area contributed by atoms with Crippen molar-refractivity contribution in [2.45, 2.75) is 34.1 Å². The van der Waals surface area contributed by atoms with Crippen LogP contribution in [0.2, 0.25) is 0 Å². The molecule has 2 amide bonds. The Hall–Kier alpha value is -2.88. The van der Waals surface area contributed by atoms with Gasteiger partial charge in [0.05, 0.1) is 11.8 Å². The number of benzene rings is 2. The number of aryl methyl sites for hydroxylation is 4. The predicted molar refractivity (Wildman–Crippen MR) is 117 cm³/mol. The minimum Gasteiger partial charge on any atom is -0.326 e. The molecule has 2 aromatic carbocycles. The lowest BCUT2D eigenvalue weighted by atomic mass is 9.81. The summed E-state index contributed by atoms with van der Waals surface area (Å²) in [4.78, 5) is 26.3. The number of anilines is 2. The van der Waals surface area contributed by atoms with Crippen molar-refractivity contribution in [2.24, 2.45) is 23.7 Å². The molecular formula is C25H28N2O2. The first-order valence-electron chi connectivity index (χ1n) is 10.3. The van der Waals surface area contributed by atoms with Crippen molar-refractivity contribution in [3.05, 3.63) is 70.8 Å². The summed E-state index contributed by atoms with van der Waals surface area (Å²) in [6, 6.07) is 11.8. The molecule has 2 aliphatic rings. The van der Waals surface area contributed by atoms with Gasteiger partial charge in [-0.3, -0.25) is 9.59 Å². The minimum absolute atomic E-state index is 0.0645. The third kappa shape index (κ3) is 3.71. The molecule has 2 N–H and O–H groups in total. The van der Waals surface area contributed by atoms with Gasteiger partial charge in [-0.15, -0.1) is 0 Å². The molecule has 150 valence electrons. The monoisotopic (exact) mass is 388 g/mol. The Bertz CT molecular complexity index is 928. The van der Waals surface area contributed by atoms with E-state index in [0.717, 1.165) is 28.9 Å². The number of rotatable bonds is 4. The Balaban J connectivity index is 1.53. The predicted octanol–water partition coefficient (Wildman–Crippen LogP) is 4.94. The summed E-state index contributed by atoms with van der Waals surface area (Å²) >= 11 is 0. The van der Waals surface area contributed by atoms with Gasteiger partial charge in [-0.2, -0.15) is 0 Å². The fraction of sp³-hybridized carbons (Fsp3) is 0.360. The first kappa shape index (κ1) is 19.4. The van der Waals surface area contributed by atoms with Crippen LogP contribution in [0, 0.1) is 51.4 Å². The van der Waals surface area contributed by atoms with Crippen molar-refractivity contribution in [1.29, 1.82) is 0 Å². The molecule has 2 bridgehead atoms. The molecule has 29 heavy (non-hydrogen) atoms. The van der Waals surface area contributed by atoms with Crippen LogP contribution >= 0.6 is 0 Å². The van der Waals surface area contributed by atoms with Crippen LogP contribution in [0.4, 0.5) is 11.4 Å². The molecule has 0 unspecified atom stereocenters. The van der Waals surface area contributed by atoms with Crippen LogP contribution in [0.3, 0.4) is 0 Å². The molecule has 2 aliphatic carbocycles. The summed E-state index contributed by atoms with van der Waals surface area (Å²) in [5, 5.41) is 6.10. The molecule has 1 fully saturated rings. The van der Waals surface area contributed by atoms with E-state index in [1.165, 1.54) is 11.1 Å². The lowest BCUT2D eigenvalue weighted by molar-refractivity contribution is -0.129. The summed E-state index contributed by atoms with van der Waals surface area (Å²) in [6.07, 6.45) is 5.08. The Kier molecular flexibility index (Phi) is 5.03. The van der Waals surface area contributed by atoms with Crippen LogP contribution in [0.1, 0.15) is 28.7 Å². The molecule has 1 saturated carbocycles. The van der Waals surface area contributed by atoms with E-state index >= 15 is 0 Å². The van der Waals surface area contributed by atoms with Gasteiger partial charge in [-0.1, -0.05) is 24.3 Å². The highest BCUT2D eigenvalue weighted by atomic mass is 16.2. The highest BCUT2D eigenvalue weighted by molar-refractivity contribution is 6.01. The minimum atomic E-state index is -0.335. The zero-order valence-corrected chi connectivity index (χ0v) is 17.5. The van der Waals surface area contributed by atoms with E-state index in [9.17, 15) is 9.59 Å². The molecular weight excluding hydrogens is 360 g/mol. The van der Waals surface area contributed by atoms with E-state index in [0.29, 0.717) is 0 Å². The van der Waals surface area contributed by atoms with Crippen molar-refractivity contribution in [3.63, 3.8) is 0 Å². The van der Waals surface area contributed by atoms with Crippen LogP contribution in [-0.4, -0.2) is 11.8 Å². The van der Waals surface area contributed by atoms with Crippen molar-refractivity contribution >= 4 is 23.2 Å². The molecule has 0 saturated heterocycles. The van der Waals surface area contributed by atoms with E-state index in [4.69, 9.17) is 0 Å². The smallest absolute Gasteiger partial charge is 0.228 e. The maximum atomic E-state index is 13.1. The number of carbonyl (C=O) groups excluding carboxylic acids is 2. The molecule has 0 heterocycles. The van der Waals surface area contributed by atoms with Crippen LogP contribution in [0.25, 0.3) is 0 Å². The summed E-state index contributed by atoms with van der Waals surface area (Å²) in [5.41, 5.74) is 6.24. The molecule has 0 aliphatic heterocycles. The molecule has 2 aromatic rings. The van der Waals surface area contributed by atoms with Crippen molar-refractivity contribution in [1.82, 2.24) is 0 Å². The van der Waals surface area contributed by atoms with Gasteiger partial charge in [0, 0.05) is 11.4 Å². The SMILES string of the molecule is Cc1ccc(NC(=O)[C@@H]2[C@H](C(=O)Nc3ccc(C)c(C)c3)[C@H]3C=C[C@@H]2C3)cc1C. The zero-order valence-electron chi connectivity index (χ0n) is 17.5. The number of hydrogen-bond donors (Lipinski definition) is 2. The van der Waals surface area contributed by atoms with E-state index in [1.54, 1.807) is 0 Å².